The fourth-order valence-electron chi connectivity index (χ4n) is 2.86. The Balaban J connectivity index is 1.99. The van der Waals surface area contributed by atoms with Crippen LogP contribution in [0.15, 0.2) is 51.9 Å². The summed E-state index contributed by atoms with van der Waals surface area (Å²) in [6.07, 6.45) is 14.2. The molecule has 0 amide bonds. The predicted molar refractivity (Wildman–Crippen MR) is 76.4 cm³/mol. The van der Waals surface area contributed by atoms with Crippen molar-refractivity contribution < 1.29 is 21.0 Å². The first-order chi connectivity index (χ1) is 8.90. The molecule has 0 spiro atoms. The van der Waals surface area contributed by atoms with Crippen LogP contribution in [-0.4, -0.2) is 3.76 Å². The van der Waals surface area contributed by atoms with Crippen LogP contribution in [0.3, 0.4) is 0 Å². The molecular formula is C17H18Hf. The van der Waals surface area contributed by atoms with Crippen molar-refractivity contribution >= 4 is 9.83 Å². The molecule has 0 saturated heterocycles. The summed E-state index contributed by atoms with van der Waals surface area (Å²) in [6.45, 7) is 2.29. The molecule has 0 radical (unpaired) electrons. The Bertz CT molecular complexity index is 573. The van der Waals surface area contributed by atoms with E-state index in [-0.39, 0.29) is 0 Å². The van der Waals surface area contributed by atoms with E-state index in [1.165, 1.54) is 18.4 Å². The zero-order chi connectivity index (χ0) is 12.4. The maximum absolute atomic E-state index is 2.68. The van der Waals surface area contributed by atoms with Gasteiger partial charge in [-0.2, -0.15) is 0 Å². The topological polar surface area (TPSA) is 0 Å². The quantitative estimate of drug-likeness (QED) is 0.658. The Morgan fingerprint density at radius 2 is 2.22 bits per heavy atom. The number of allylic oxidation sites excluding steroid dienone is 5. The maximum atomic E-state index is 2.68. The third-order valence-corrected chi connectivity index (χ3v) is 15.0. The summed E-state index contributed by atoms with van der Waals surface area (Å²) in [7, 11) is 0. The molecule has 3 rings (SSSR count). The molecule has 0 aromatic heterocycles. The van der Waals surface area contributed by atoms with Crippen molar-refractivity contribution in [1.82, 2.24) is 0 Å². The molecule has 1 heteroatoms. The summed E-state index contributed by atoms with van der Waals surface area (Å²) in [6, 6.07) is 8.92. The Kier molecular flexibility index (Phi) is 3.69. The van der Waals surface area contributed by atoms with Gasteiger partial charge < -0.3 is 0 Å². The average Bonchev–Trinajstić information content (AvgIpc) is 3.06. The van der Waals surface area contributed by atoms with Gasteiger partial charge in [0.1, 0.15) is 0 Å². The number of fused-ring (bicyclic) bond motifs is 1. The second-order valence-corrected chi connectivity index (χ2v) is 14.1. The molecule has 0 N–H and O–H groups in total. The van der Waals surface area contributed by atoms with E-state index in [4.69, 9.17) is 0 Å². The second kappa shape index (κ2) is 5.44. The van der Waals surface area contributed by atoms with Gasteiger partial charge in [-0.15, -0.1) is 0 Å². The van der Waals surface area contributed by atoms with E-state index in [9.17, 15) is 0 Å². The van der Waals surface area contributed by atoms with Crippen molar-refractivity contribution in [3.8, 4) is 0 Å². The van der Waals surface area contributed by atoms with Crippen molar-refractivity contribution in [1.29, 1.82) is 0 Å². The second-order valence-electron chi connectivity index (χ2n) is 4.86. The number of hydrogen-bond acceptors (Lipinski definition) is 0. The number of benzene rings is 1. The van der Waals surface area contributed by atoms with Crippen molar-refractivity contribution in [2.45, 2.75) is 23.4 Å². The molecule has 0 heterocycles. The summed E-state index contributed by atoms with van der Waals surface area (Å²) in [4.78, 5) is 0. The molecule has 1 atom stereocenters. The normalized spacial score (nSPS) is 21.3. The minimum atomic E-state index is -1.82. The number of hydrogen-bond donors (Lipinski definition) is 0. The van der Waals surface area contributed by atoms with E-state index < -0.39 is 21.0 Å². The summed E-state index contributed by atoms with van der Waals surface area (Å²) < 4.78 is 5.20. The standard InChI is InChI=1S/C9H7.C5H5.C3H6.Hf/c1-2-5-9-7-3-6-8(9)4-1;1-2-4-5-3-1;1-3-2;/h1-7H;1-3H,4H2;1H,3H2,2H3;. The molecule has 0 aliphatic heterocycles. The van der Waals surface area contributed by atoms with E-state index >= 15 is 0 Å². The fourth-order valence-corrected chi connectivity index (χ4v) is 13.3. The summed E-state index contributed by atoms with van der Waals surface area (Å²) in [5, 5.41) is 0. The molecule has 90 valence electrons. The molecule has 0 fully saturated rings. The van der Waals surface area contributed by atoms with Gasteiger partial charge in [-0.25, -0.2) is 0 Å². The van der Waals surface area contributed by atoms with Crippen LogP contribution >= 0.6 is 0 Å². The van der Waals surface area contributed by atoms with Gasteiger partial charge in [0.25, 0.3) is 0 Å². The first kappa shape index (κ1) is 12.2. The SMILES string of the molecule is CC[CH]=[Hf]([C]1=CC=CC1)[CH]1C=Cc2ccccc21. The van der Waals surface area contributed by atoms with E-state index in [1.54, 1.807) is 8.89 Å². The van der Waals surface area contributed by atoms with Crippen LogP contribution in [0, 0.1) is 0 Å². The molecule has 2 aliphatic rings. The van der Waals surface area contributed by atoms with Crippen LogP contribution < -0.4 is 0 Å². The van der Waals surface area contributed by atoms with Gasteiger partial charge in [-0.05, 0) is 0 Å². The summed E-state index contributed by atoms with van der Waals surface area (Å²) in [5.41, 5.74) is 3.03. The zero-order valence-electron chi connectivity index (χ0n) is 10.8. The van der Waals surface area contributed by atoms with Crippen molar-refractivity contribution in [3.05, 3.63) is 63.0 Å². The van der Waals surface area contributed by atoms with E-state index in [2.05, 4.69) is 65.3 Å². The van der Waals surface area contributed by atoms with Crippen molar-refractivity contribution in [2.24, 2.45) is 0 Å². The molecule has 1 aromatic rings. The van der Waals surface area contributed by atoms with E-state index in [0.717, 1.165) is 3.67 Å². The average molecular weight is 401 g/mol. The molecule has 0 nitrogen and oxygen atoms in total. The Hall–Kier alpha value is -0.820. The molecule has 1 aromatic carbocycles. The number of rotatable bonds is 3. The van der Waals surface area contributed by atoms with Crippen LogP contribution in [0.4, 0.5) is 0 Å². The van der Waals surface area contributed by atoms with E-state index in [1.807, 2.05) is 0 Å². The zero-order valence-corrected chi connectivity index (χ0v) is 14.4. The van der Waals surface area contributed by atoms with Crippen molar-refractivity contribution in [3.63, 3.8) is 0 Å². The minimum absolute atomic E-state index is 0.747. The Morgan fingerprint density at radius 1 is 1.33 bits per heavy atom. The predicted octanol–water partition coefficient (Wildman–Crippen LogP) is 4.43. The first-order valence-electron chi connectivity index (χ1n) is 6.73. The molecule has 18 heavy (non-hydrogen) atoms. The molecule has 0 saturated carbocycles. The molecule has 2 aliphatic carbocycles. The summed E-state index contributed by atoms with van der Waals surface area (Å²) >= 11 is -1.82. The molecular weight excluding hydrogens is 383 g/mol. The third-order valence-electron chi connectivity index (χ3n) is 3.70. The monoisotopic (exact) mass is 402 g/mol. The third kappa shape index (κ3) is 2.21. The van der Waals surface area contributed by atoms with Crippen LogP contribution in [0.5, 0.6) is 0 Å². The fraction of sp³-hybridized carbons (Fsp3) is 0.235. The molecule has 0 bridgehead atoms. The van der Waals surface area contributed by atoms with Crippen LogP contribution in [0.2, 0.25) is 0 Å². The van der Waals surface area contributed by atoms with E-state index in [0.29, 0.717) is 0 Å². The van der Waals surface area contributed by atoms with Crippen molar-refractivity contribution in [2.75, 3.05) is 0 Å². The molecule has 1 unspecified atom stereocenters. The van der Waals surface area contributed by atoms with Gasteiger partial charge in [-0.1, -0.05) is 0 Å². The van der Waals surface area contributed by atoms with Gasteiger partial charge in [0, 0.05) is 0 Å². The van der Waals surface area contributed by atoms with Crippen LogP contribution in [0.1, 0.15) is 34.6 Å². The summed E-state index contributed by atoms with van der Waals surface area (Å²) in [5.74, 6) is 0. The van der Waals surface area contributed by atoms with Gasteiger partial charge in [-0.3, -0.25) is 0 Å². The first-order valence-corrected chi connectivity index (χ1v) is 12.7. The van der Waals surface area contributed by atoms with Crippen LogP contribution in [-0.2, 0) is 21.0 Å². The van der Waals surface area contributed by atoms with Crippen LogP contribution in [0.25, 0.3) is 6.08 Å². The Labute approximate surface area is 117 Å². The van der Waals surface area contributed by atoms with Gasteiger partial charge in [0.05, 0.1) is 0 Å². The Morgan fingerprint density at radius 3 is 3.00 bits per heavy atom. The van der Waals surface area contributed by atoms with Gasteiger partial charge in [0.15, 0.2) is 0 Å². The van der Waals surface area contributed by atoms with Gasteiger partial charge in [0.2, 0.25) is 0 Å². The van der Waals surface area contributed by atoms with Gasteiger partial charge >= 0.3 is 117 Å².